The van der Waals surface area contributed by atoms with Crippen LogP contribution >= 0.6 is 0 Å². The molecule has 0 saturated heterocycles. The van der Waals surface area contributed by atoms with Crippen molar-refractivity contribution >= 4 is 5.97 Å². The Balaban J connectivity index is 3.99. The lowest BCUT2D eigenvalue weighted by Gasteiger charge is -2.21. The van der Waals surface area contributed by atoms with Crippen molar-refractivity contribution in [3.05, 3.63) is 0 Å². The molecule has 0 aliphatic carbocycles. The molecule has 0 bridgehead atoms. The second kappa shape index (κ2) is 8.31. The van der Waals surface area contributed by atoms with Crippen LogP contribution in [0.2, 0.25) is 0 Å². The number of carbonyl (C=O) groups excluding carboxylic acids is 1. The Bertz CT molecular complexity index is 247. The zero-order chi connectivity index (χ0) is 14.2. The molecule has 0 amide bonds. The molecular weight excluding hydrogens is 249 g/mol. The van der Waals surface area contributed by atoms with Gasteiger partial charge in [0.05, 0.1) is 13.5 Å². The molecule has 18 heavy (non-hydrogen) atoms. The molecule has 0 aliphatic heterocycles. The van der Waals surface area contributed by atoms with Crippen LogP contribution in [0.1, 0.15) is 19.8 Å². The summed E-state index contributed by atoms with van der Waals surface area (Å²) in [5, 5.41) is 2.94. The van der Waals surface area contributed by atoms with Gasteiger partial charge in [0.1, 0.15) is 6.04 Å². The van der Waals surface area contributed by atoms with E-state index >= 15 is 0 Å². The molecule has 0 rings (SSSR count). The van der Waals surface area contributed by atoms with Gasteiger partial charge < -0.3 is 15.0 Å². The molecule has 0 heterocycles. The van der Waals surface area contributed by atoms with Crippen LogP contribution in [-0.4, -0.2) is 56.9 Å². The molecule has 0 fully saturated rings. The Morgan fingerprint density at radius 3 is 2.44 bits per heavy atom. The van der Waals surface area contributed by atoms with E-state index in [-0.39, 0.29) is 12.5 Å². The van der Waals surface area contributed by atoms with Crippen molar-refractivity contribution in [2.45, 2.75) is 32.0 Å². The van der Waals surface area contributed by atoms with Crippen LogP contribution in [0.4, 0.5) is 13.2 Å². The second-order valence-electron chi connectivity index (χ2n) is 4.09. The highest BCUT2D eigenvalue weighted by Crippen LogP contribution is 2.19. The molecule has 108 valence electrons. The highest BCUT2D eigenvalue weighted by Gasteiger charge is 2.27. The molecular formula is C11H21F3N2O2. The Labute approximate surface area is 105 Å². The quantitative estimate of drug-likeness (QED) is 0.677. The van der Waals surface area contributed by atoms with E-state index in [2.05, 4.69) is 10.1 Å². The smallest absolute Gasteiger partial charge is 0.390 e. The lowest BCUT2D eigenvalue weighted by molar-refractivity contribution is -0.144. The maximum atomic E-state index is 12.0. The van der Waals surface area contributed by atoms with Crippen LogP contribution < -0.4 is 5.32 Å². The van der Waals surface area contributed by atoms with Crippen molar-refractivity contribution in [1.82, 2.24) is 10.2 Å². The van der Waals surface area contributed by atoms with Gasteiger partial charge in [-0.05, 0) is 26.6 Å². The van der Waals surface area contributed by atoms with Crippen LogP contribution in [0, 0.1) is 0 Å². The van der Waals surface area contributed by atoms with Crippen LogP contribution in [0.15, 0.2) is 0 Å². The van der Waals surface area contributed by atoms with Gasteiger partial charge in [-0.1, -0.05) is 6.92 Å². The zero-order valence-corrected chi connectivity index (χ0v) is 11.0. The van der Waals surface area contributed by atoms with Gasteiger partial charge in [0.15, 0.2) is 0 Å². The third-order valence-corrected chi connectivity index (χ3v) is 2.51. The maximum Gasteiger partial charge on any atom is 0.390 e. The minimum absolute atomic E-state index is 0.0660. The van der Waals surface area contributed by atoms with E-state index in [1.54, 1.807) is 11.9 Å². The molecule has 1 atom stereocenters. The number of alkyl halides is 3. The minimum atomic E-state index is -4.14. The van der Waals surface area contributed by atoms with Crippen molar-refractivity contribution < 1.29 is 22.7 Å². The number of halogens is 3. The molecule has 1 unspecified atom stereocenters. The molecule has 0 radical (unpaired) electrons. The number of nitrogens with one attached hydrogen (secondary N) is 1. The summed E-state index contributed by atoms with van der Waals surface area (Å²) >= 11 is 0. The van der Waals surface area contributed by atoms with Crippen molar-refractivity contribution in [3.8, 4) is 0 Å². The van der Waals surface area contributed by atoms with E-state index in [1.807, 2.05) is 6.92 Å². The van der Waals surface area contributed by atoms with Crippen molar-refractivity contribution in [3.63, 3.8) is 0 Å². The largest absolute Gasteiger partial charge is 0.468 e. The van der Waals surface area contributed by atoms with Gasteiger partial charge >= 0.3 is 12.1 Å². The number of esters is 1. The van der Waals surface area contributed by atoms with E-state index in [4.69, 9.17) is 0 Å². The fourth-order valence-electron chi connectivity index (χ4n) is 1.47. The lowest BCUT2D eigenvalue weighted by atomic mass is 10.2. The number of hydrogen-bond donors (Lipinski definition) is 1. The normalized spacial score (nSPS) is 13.7. The number of rotatable bonds is 8. The average molecular weight is 270 g/mol. The molecule has 4 nitrogen and oxygen atoms in total. The number of ether oxygens (including phenoxy) is 1. The third-order valence-electron chi connectivity index (χ3n) is 2.51. The van der Waals surface area contributed by atoms with E-state index in [1.165, 1.54) is 7.11 Å². The van der Waals surface area contributed by atoms with E-state index in [9.17, 15) is 18.0 Å². The fraction of sp³-hybridized carbons (Fsp3) is 0.909. The summed E-state index contributed by atoms with van der Waals surface area (Å²) in [6, 6.07) is -0.465. The molecule has 0 saturated carbocycles. The van der Waals surface area contributed by atoms with Crippen LogP contribution in [0.25, 0.3) is 0 Å². The summed E-state index contributed by atoms with van der Waals surface area (Å²) < 4.78 is 40.6. The Morgan fingerprint density at radius 2 is 2.00 bits per heavy atom. The van der Waals surface area contributed by atoms with Crippen LogP contribution in [0.3, 0.4) is 0 Å². The van der Waals surface area contributed by atoms with Gasteiger partial charge in [-0.25, -0.2) is 0 Å². The number of nitrogens with zero attached hydrogens (tertiary/aromatic N) is 1. The van der Waals surface area contributed by atoms with Gasteiger partial charge in [-0.2, -0.15) is 13.2 Å². The first kappa shape index (κ1) is 17.2. The standard InChI is InChI=1S/C11H21F3N2O2/c1-4-15-9(10(17)18-3)5-7-16(2)8-6-11(12,13)14/h9,15H,4-8H2,1-3H3. The monoisotopic (exact) mass is 270 g/mol. The summed E-state index contributed by atoms with van der Waals surface area (Å²) in [5.74, 6) is -0.388. The van der Waals surface area contributed by atoms with Crippen molar-refractivity contribution in [2.24, 2.45) is 0 Å². The highest BCUT2D eigenvalue weighted by molar-refractivity contribution is 5.75. The minimum Gasteiger partial charge on any atom is -0.468 e. The third kappa shape index (κ3) is 8.30. The van der Waals surface area contributed by atoms with Crippen LogP contribution in [0.5, 0.6) is 0 Å². The average Bonchev–Trinajstić information content (AvgIpc) is 2.30. The number of methoxy groups -OCH3 is 1. The van der Waals surface area contributed by atoms with Gasteiger partial charge in [0.25, 0.3) is 0 Å². The van der Waals surface area contributed by atoms with E-state index < -0.39 is 18.6 Å². The first-order valence-electron chi connectivity index (χ1n) is 5.86. The SMILES string of the molecule is CCNC(CCN(C)CCC(F)(F)F)C(=O)OC. The molecule has 1 N–H and O–H groups in total. The highest BCUT2D eigenvalue weighted by atomic mass is 19.4. The Morgan fingerprint density at radius 1 is 1.39 bits per heavy atom. The number of hydrogen-bond acceptors (Lipinski definition) is 4. The number of carbonyl (C=O) groups is 1. The predicted molar refractivity (Wildman–Crippen MR) is 62.3 cm³/mol. The molecule has 0 aromatic heterocycles. The molecule has 0 spiro atoms. The predicted octanol–water partition coefficient (Wildman–Crippen LogP) is 1.41. The zero-order valence-electron chi connectivity index (χ0n) is 11.0. The first-order chi connectivity index (χ1) is 8.30. The molecule has 0 aromatic rings. The second-order valence-corrected chi connectivity index (χ2v) is 4.09. The summed E-state index contributed by atoms with van der Waals surface area (Å²) in [7, 11) is 2.89. The Kier molecular flexibility index (Phi) is 7.93. The van der Waals surface area contributed by atoms with Gasteiger partial charge in [-0.15, -0.1) is 0 Å². The van der Waals surface area contributed by atoms with Crippen molar-refractivity contribution in [2.75, 3.05) is 33.8 Å². The molecule has 7 heteroatoms. The summed E-state index contributed by atoms with van der Waals surface area (Å²) in [4.78, 5) is 12.9. The summed E-state index contributed by atoms with van der Waals surface area (Å²) in [6.07, 6.45) is -4.56. The van der Waals surface area contributed by atoms with Gasteiger partial charge in [0.2, 0.25) is 0 Å². The summed E-state index contributed by atoms with van der Waals surface area (Å²) in [5.41, 5.74) is 0. The van der Waals surface area contributed by atoms with Crippen LogP contribution in [-0.2, 0) is 9.53 Å². The van der Waals surface area contributed by atoms with Crippen molar-refractivity contribution in [1.29, 1.82) is 0 Å². The molecule has 0 aromatic carbocycles. The molecule has 0 aliphatic rings. The van der Waals surface area contributed by atoms with Gasteiger partial charge in [0, 0.05) is 6.54 Å². The first-order valence-corrected chi connectivity index (χ1v) is 5.86. The maximum absolute atomic E-state index is 12.0. The fourth-order valence-corrected chi connectivity index (χ4v) is 1.47. The van der Waals surface area contributed by atoms with E-state index in [0.29, 0.717) is 19.5 Å². The lowest BCUT2D eigenvalue weighted by Crippen LogP contribution is -2.40. The van der Waals surface area contributed by atoms with Gasteiger partial charge in [-0.3, -0.25) is 4.79 Å². The topological polar surface area (TPSA) is 41.6 Å². The Hall–Kier alpha value is -0.820. The summed E-state index contributed by atoms with van der Waals surface area (Å²) in [6.45, 7) is 2.79. The number of likely N-dealkylation sites (N-methyl/N-ethyl adjacent to an activating group) is 1. The van der Waals surface area contributed by atoms with E-state index in [0.717, 1.165) is 0 Å².